The average molecular weight is 289 g/mol. The van der Waals surface area contributed by atoms with Crippen LogP contribution in [0, 0.1) is 0 Å². The average Bonchev–Trinajstić information content (AvgIpc) is 2.47. The Morgan fingerprint density at radius 2 is 1.65 bits per heavy atom. The summed E-state index contributed by atoms with van der Waals surface area (Å²) in [6, 6.07) is 17.0. The number of halogens is 1. The van der Waals surface area contributed by atoms with Crippen LogP contribution in [0.15, 0.2) is 54.6 Å². The van der Waals surface area contributed by atoms with Gasteiger partial charge in [0.25, 0.3) is 0 Å². The predicted octanol–water partition coefficient (Wildman–Crippen LogP) is 4.26. The van der Waals surface area contributed by atoms with Gasteiger partial charge in [0, 0.05) is 5.41 Å². The highest BCUT2D eigenvalue weighted by Gasteiger charge is 2.33. The van der Waals surface area contributed by atoms with Crippen LogP contribution in [-0.4, -0.2) is 12.4 Å². The maximum atomic E-state index is 11.5. The number of rotatable bonds is 5. The van der Waals surface area contributed by atoms with Crippen LogP contribution < -0.4 is 4.74 Å². The third-order valence-electron chi connectivity index (χ3n) is 3.44. The Hall–Kier alpha value is -1.80. The molecule has 0 radical (unpaired) electrons. The maximum Gasteiger partial charge on any atom is 0.163 e. The minimum absolute atomic E-state index is 0.442. The van der Waals surface area contributed by atoms with Crippen LogP contribution in [0.4, 0.5) is 0 Å². The highest BCUT2D eigenvalue weighted by molar-refractivity contribution is 6.32. The summed E-state index contributed by atoms with van der Waals surface area (Å²) >= 11 is 6.08. The van der Waals surface area contributed by atoms with Gasteiger partial charge in [-0.3, -0.25) is 4.79 Å². The number of ether oxygens (including phenoxy) is 1. The maximum absolute atomic E-state index is 11.5. The van der Waals surface area contributed by atoms with Crippen molar-refractivity contribution in [1.29, 1.82) is 0 Å². The van der Waals surface area contributed by atoms with Gasteiger partial charge >= 0.3 is 0 Å². The van der Waals surface area contributed by atoms with E-state index in [0.29, 0.717) is 10.8 Å². The number of para-hydroxylation sites is 1. The molecule has 20 heavy (non-hydrogen) atoms. The molecule has 0 heterocycles. The predicted molar refractivity (Wildman–Crippen MR) is 81.4 cm³/mol. The summed E-state index contributed by atoms with van der Waals surface area (Å²) in [7, 11) is 0. The Kier molecular flexibility index (Phi) is 4.46. The minimum Gasteiger partial charge on any atom is -0.480 e. The highest BCUT2D eigenvalue weighted by Crippen LogP contribution is 2.32. The van der Waals surface area contributed by atoms with Crippen molar-refractivity contribution in [3.63, 3.8) is 0 Å². The van der Waals surface area contributed by atoms with Gasteiger partial charge < -0.3 is 4.74 Å². The molecule has 0 amide bonds. The van der Waals surface area contributed by atoms with Crippen molar-refractivity contribution in [2.24, 2.45) is 0 Å². The largest absolute Gasteiger partial charge is 0.480 e. The number of benzene rings is 2. The van der Waals surface area contributed by atoms with E-state index in [0.717, 1.165) is 11.8 Å². The summed E-state index contributed by atoms with van der Waals surface area (Å²) in [5.74, 6) is 0.523. The molecule has 0 aliphatic heterocycles. The van der Waals surface area contributed by atoms with E-state index in [2.05, 4.69) is 0 Å². The second kappa shape index (κ2) is 6.10. The highest BCUT2D eigenvalue weighted by atomic mass is 35.5. The van der Waals surface area contributed by atoms with Gasteiger partial charge in [-0.2, -0.15) is 0 Å². The molecule has 0 aromatic heterocycles. The van der Waals surface area contributed by atoms with Gasteiger partial charge in [0.1, 0.15) is 5.75 Å². The molecule has 0 bridgehead atoms. The smallest absolute Gasteiger partial charge is 0.163 e. The topological polar surface area (TPSA) is 26.3 Å². The van der Waals surface area contributed by atoms with Crippen LogP contribution in [-0.2, 0) is 10.2 Å². The Morgan fingerprint density at radius 3 is 2.25 bits per heavy atom. The molecule has 2 aromatic rings. The van der Waals surface area contributed by atoms with Crippen molar-refractivity contribution in [1.82, 2.24) is 0 Å². The molecule has 0 aliphatic carbocycles. The molecule has 0 saturated heterocycles. The lowest BCUT2D eigenvalue weighted by Gasteiger charge is -2.31. The molecule has 0 saturated carbocycles. The third-order valence-corrected chi connectivity index (χ3v) is 3.76. The normalized spacial score (nSPS) is 12.8. The fourth-order valence-electron chi connectivity index (χ4n) is 2.05. The zero-order chi connectivity index (χ0) is 14.6. The quantitative estimate of drug-likeness (QED) is 0.768. The molecular formula is C17H17ClO2. The van der Waals surface area contributed by atoms with Crippen LogP contribution in [0.25, 0.3) is 0 Å². The number of carbonyl (C=O) groups is 1. The first-order valence-corrected chi connectivity index (χ1v) is 6.85. The fraction of sp³-hybridized carbons (Fsp3) is 0.235. The molecule has 2 nitrogen and oxygen atoms in total. The first kappa shape index (κ1) is 14.6. The first-order valence-electron chi connectivity index (χ1n) is 6.47. The molecule has 0 aliphatic rings. The van der Waals surface area contributed by atoms with Crippen molar-refractivity contribution in [3.8, 4) is 5.75 Å². The standard InChI is InChI=1S/C17H17ClO2/c1-17(2,13-8-4-3-5-9-13)16(12-19)20-15-11-7-6-10-14(15)18/h3-12,16H,1-2H3. The Labute approximate surface area is 124 Å². The van der Waals surface area contributed by atoms with E-state index in [4.69, 9.17) is 16.3 Å². The van der Waals surface area contributed by atoms with Crippen LogP contribution in [0.5, 0.6) is 5.75 Å². The zero-order valence-corrected chi connectivity index (χ0v) is 12.3. The lowest BCUT2D eigenvalue weighted by atomic mass is 9.80. The third kappa shape index (κ3) is 3.02. The molecule has 1 atom stereocenters. The number of hydrogen-bond acceptors (Lipinski definition) is 2. The molecule has 0 N–H and O–H groups in total. The summed E-state index contributed by atoms with van der Waals surface area (Å²) in [5.41, 5.74) is 0.603. The summed E-state index contributed by atoms with van der Waals surface area (Å²) in [4.78, 5) is 11.5. The van der Waals surface area contributed by atoms with E-state index in [1.807, 2.05) is 56.3 Å². The van der Waals surface area contributed by atoms with Gasteiger partial charge in [-0.25, -0.2) is 0 Å². The lowest BCUT2D eigenvalue weighted by molar-refractivity contribution is -0.116. The van der Waals surface area contributed by atoms with Crippen LogP contribution in [0.3, 0.4) is 0 Å². The van der Waals surface area contributed by atoms with E-state index in [-0.39, 0.29) is 0 Å². The number of carbonyl (C=O) groups excluding carboxylic acids is 1. The molecule has 104 valence electrons. The van der Waals surface area contributed by atoms with Crippen LogP contribution >= 0.6 is 11.6 Å². The van der Waals surface area contributed by atoms with Crippen molar-refractivity contribution in [2.45, 2.75) is 25.4 Å². The molecule has 0 spiro atoms. The molecule has 0 fully saturated rings. The monoisotopic (exact) mass is 288 g/mol. The van der Waals surface area contributed by atoms with Gasteiger partial charge in [-0.1, -0.05) is 67.9 Å². The molecular weight excluding hydrogens is 272 g/mol. The second-order valence-corrected chi connectivity index (χ2v) is 5.60. The van der Waals surface area contributed by atoms with Crippen molar-refractivity contribution >= 4 is 17.9 Å². The van der Waals surface area contributed by atoms with Gasteiger partial charge in [0.05, 0.1) is 5.02 Å². The minimum atomic E-state index is -0.607. The van der Waals surface area contributed by atoms with Gasteiger partial charge in [0.2, 0.25) is 0 Å². The molecule has 2 aromatic carbocycles. The van der Waals surface area contributed by atoms with Gasteiger partial charge in [-0.05, 0) is 17.7 Å². The van der Waals surface area contributed by atoms with Crippen molar-refractivity contribution in [2.75, 3.05) is 0 Å². The molecule has 3 heteroatoms. The molecule has 1 unspecified atom stereocenters. The Bertz CT molecular complexity index is 579. The Balaban J connectivity index is 2.28. The second-order valence-electron chi connectivity index (χ2n) is 5.19. The summed E-state index contributed by atoms with van der Waals surface area (Å²) in [6.45, 7) is 3.97. The summed E-state index contributed by atoms with van der Waals surface area (Å²) in [5, 5.41) is 0.503. The van der Waals surface area contributed by atoms with E-state index in [1.54, 1.807) is 12.1 Å². The lowest BCUT2D eigenvalue weighted by Crippen LogP contribution is -2.39. The zero-order valence-electron chi connectivity index (χ0n) is 11.5. The first-order chi connectivity index (χ1) is 9.55. The number of aldehydes is 1. The van der Waals surface area contributed by atoms with Crippen molar-refractivity contribution in [3.05, 3.63) is 65.2 Å². The van der Waals surface area contributed by atoms with E-state index in [1.165, 1.54) is 0 Å². The molecule has 2 rings (SSSR count). The van der Waals surface area contributed by atoms with Gasteiger partial charge in [0.15, 0.2) is 12.4 Å². The van der Waals surface area contributed by atoms with Gasteiger partial charge in [-0.15, -0.1) is 0 Å². The SMILES string of the molecule is CC(C)(c1ccccc1)C(C=O)Oc1ccccc1Cl. The van der Waals surface area contributed by atoms with Crippen molar-refractivity contribution < 1.29 is 9.53 Å². The van der Waals surface area contributed by atoms with E-state index < -0.39 is 11.5 Å². The van der Waals surface area contributed by atoms with E-state index in [9.17, 15) is 4.79 Å². The van der Waals surface area contributed by atoms with Crippen LogP contribution in [0.1, 0.15) is 19.4 Å². The fourth-order valence-corrected chi connectivity index (χ4v) is 2.23. The van der Waals surface area contributed by atoms with E-state index >= 15 is 0 Å². The number of hydrogen-bond donors (Lipinski definition) is 0. The summed E-state index contributed by atoms with van der Waals surface area (Å²) in [6.07, 6.45) is 0.223. The van der Waals surface area contributed by atoms with Crippen LogP contribution in [0.2, 0.25) is 5.02 Å². The summed E-state index contributed by atoms with van der Waals surface area (Å²) < 4.78 is 5.81. The Morgan fingerprint density at radius 1 is 1.05 bits per heavy atom.